The summed E-state index contributed by atoms with van der Waals surface area (Å²) >= 11 is 1.41. The minimum Gasteiger partial charge on any atom is -0.348 e. The lowest BCUT2D eigenvalue weighted by atomic mass is 10.0. The zero-order chi connectivity index (χ0) is 18.6. The smallest absolute Gasteiger partial charge is 0.263 e. The first-order chi connectivity index (χ1) is 13.2. The van der Waals surface area contributed by atoms with E-state index in [1.165, 1.54) is 16.9 Å². The number of nitrogens with zero attached hydrogens (tertiary/aromatic N) is 4. The van der Waals surface area contributed by atoms with Gasteiger partial charge in [-0.25, -0.2) is 9.67 Å². The number of rotatable bonds is 5. The Balaban J connectivity index is 1.27. The molecular formula is C20H23N5OS. The summed E-state index contributed by atoms with van der Waals surface area (Å²) in [6.45, 7) is 4.81. The highest BCUT2D eigenvalue weighted by Crippen LogP contribution is 2.17. The molecule has 0 unspecified atom stereocenters. The van der Waals surface area contributed by atoms with E-state index in [4.69, 9.17) is 0 Å². The second kappa shape index (κ2) is 8.02. The van der Waals surface area contributed by atoms with Crippen LogP contribution in [0.15, 0.2) is 48.2 Å². The monoisotopic (exact) mass is 381 g/mol. The molecule has 6 nitrogen and oxygen atoms in total. The number of benzene rings is 1. The number of carbonyl (C=O) groups excluding carboxylic acids is 1. The summed E-state index contributed by atoms with van der Waals surface area (Å²) in [6.07, 6.45) is 5.69. The Bertz CT molecular complexity index is 880. The number of aromatic nitrogens is 3. The van der Waals surface area contributed by atoms with Gasteiger partial charge in [0.25, 0.3) is 5.91 Å². The molecular weight excluding hydrogens is 358 g/mol. The third-order valence-electron chi connectivity index (χ3n) is 4.99. The van der Waals surface area contributed by atoms with Gasteiger partial charge in [-0.1, -0.05) is 12.1 Å². The van der Waals surface area contributed by atoms with Gasteiger partial charge in [0.05, 0.1) is 16.9 Å². The molecule has 1 aliphatic rings. The van der Waals surface area contributed by atoms with Gasteiger partial charge in [-0.05, 0) is 43.5 Å². The third kappa shape index (κ3) is 4.26. The van der Waals surface area contributed by atoms with Crippen LogP contribution in [0, 0.1) is 6.92 Å². The molecule has 4 rings (SSSR count). The van der Waals surface area contributed by atoms with Crippen LogP contribution in [-0.2, 0) is 6.54 Å². The summed E-state index contributed by atoms with van der Waals surface area (Å²) in [4.78, 5) is 19.7. The van der Waals surface area contributed by atoms with Gasteiger partial charge in [-0.15, -0.1) is 11.3 Å². The minimum absolute atomic E-state index is 0.0164. The fourth-order valence-electron chi connectivity index (χ4n) is 3.44. The number of thiazole rings is 1. The highest BCUT2D eigenvalue weighted by atomic mass is 32.1. The van der Waals surface area contributed by atoms with Crippen LogP contribution in [0.1, 0.15) is 33.8 Å². The zero-order valence-corrected chi connectivity index (χ0v) is 16.2. The van der Waals surface area contributed by atoms with Gasteiger partial charge in [0.15, 0.2) is 0 Å². The lowest BCUT2D eigenvalue weighted by Crippen LogP contribution is -2.44. The largest absolute Gasteiger partial charge is 0.348 e. The molecule has 27 heavy (non-hydrogen) atoms. The Morgan fingerprint density at radius 1 is 1.26 bits per heavy atom. The molecule has 7 heteroatoms. The van der Waals surface area contributed by atoms with Crippen LogP contribution in [0.25, 0.3) is 5.69 Å². The lowest BCUT2D eigenvalue weighted by molar-refractivity contribution is 0.0912. The number of nitrogens with one attached hydrogen (secondary N) is 1. The number of likely N-dealkylation sites (tertiary alicyclic amines) is 1. The normalized spacial score (nSPS) is 15.7. The van der Waals surface area contributed by atoms with Crippen molar-refractivity contribution in [2.75, 3.05) is 13.1 Å². The molecule has 3 heterocycles. The maximum absolute atomic E-state index is 12.3. The van der Waals surface area contributed by atoms with Gasteiger partial charge in [-0.3, -0.25) is 9.69 Å². The van der Waals surface area contributed by atoms with Gasteiger partial charge >= 0.3 is 0 Å². The summed E-state index contributed by atoms with van der Waals surface area (Å²) in [5.74, 6) is 0.0164. The predicted molar refractivity (Wildman–Crippen MR) is 106 cm³/mol. The van der Waals surface area contributed by atoms with Crippen LogP contribution < -0.4 is 5.32 Å². The molecule has 140 valence electrons. The first-order valence-corrected chi connectivity index (χ1v) is 10.1. The van der Waals surface area contributed by atoms with Crippen LogP contribution in [0.2, 0.25) is 0 Å². The minimum atomic E-state index is 0.0164. The van der Waals surface area contributed by atoms with Gasteiger partial charge in [0, 0.05) is 38.1 Å². The second-order valence-corrected chi connectivity index (χ2v) is 7.76. The Kier molecular flexibility index (Phi) is 5.31. The fraction of sp³-hybridized carbons (Fsp3) is 0.350. The van der Waals surface area contributed by atoms with Gasteiger partial charge in [0.1, 0.15) is 4.88 Å². The molecule has 1 aliphatic heterocycles. The third-order valence-corrected chi connectivity index (χ3v) is 5.91. The van der Waals surface area contributed by atoms with Crippen molar-refractivity contribution in [3.05, 3.63) is 64.4 Å². The van der Waals surface area contributed by atoms with Gasteiger partial charge in [0.2, 0.25) is 0 Å². The molecule has 0 radical (unpaired) electrons. The van der Waals surface area contributed by atoms with Crippen LogP contribution in [-0.4, -0.2) is 44.7 Å². The number of amides is 1. The number of hydrogen-bond donors (Lipinski definition) is 1. The Morgan fingerprint density at radius 2 is 2.04 bits per heavy atom. The average molecular weight is 382 g/mol. The summed E-state index contributed by atoms with van der Waals surface area (Å²) in [7, 11) is 0. The van der Waals surface area contributed by atoms with Crippen molar-refractivity contribution < 1.29 is 4.79 Å². The molecule has 2 aromatic heterocycles. The highest BCUT2D eigenvalue weighted by molar-refractivity contribution is 7.11. The quantitative estimate of drug-likeness (QED) is 0.738. The van der Waals surface area contributed by atoms with Crippen molar-refractivity contribution >= 4 is 17.2 Å². The summed E-state index contributed by atoms with van der Waals surface area (Å²) in [6, 6.07) is 10.7. The average Bonchev–Trinajstić information content (AvgIpc) is 3.36. The first-order valence-electron chi connectivity index (χ1n) is 9.21. The molecule has 0 bridgehead atoms. The van der Waals surface area contributed by atoms with E-state index in [2.05, 4.69) is 44.6 Å². The maximum Gasteiger partial charge on any atom is 0.263 e. The van der Waals surface area contributed by atoms with E-state index in [9.17, 15) is 4.79 Å². The first kappa shape index (κ1) is 17.9. The van der Waals surface area contributed by atoms with E-state index in [1.54, 1.807) is 11.7 Å². The maximum atomic E-state index is 12.3. The molecule has 0 atom stereocenters. The Morgan fingerprint density at radius 3 is 2.67 bits per heavy atom. The molecule has 1 N–H and O–H groups in total. The van der Waals surface area contributed by atoms with E-state index < -0.39 is 0 Å². The molecule has 0 aliphatic carbocycles. The van der Waals surface area contributed by atoms with E-state index in [-0.39, 0.29) is 11.9 Å². The lowest BCUT2D eigenvalue weighted by Gasteiger charge is -2.32. The molecule has 0 saturated carbocycles. The van der Waals surface area contributed by atoms with E-state index in [0.717, 1.165) is 48.7 Å². The van der Waals surface area contributed by atoms with Gasteiger partial charge < -0.3 is 5.32 Å². The van der Waals surface area contributed by atoms with Crippen molar-refractivity contribution in [2.45, 2.75) is 32.4 Å². The summed E-state index contributed by atoms with van der Waals surface area (Å²) in [5, 5.41) is 7.42. The number of hydrogen-bond acceptors (Lipinski definition) is 5. The molecule has 1 aromatic carbocycles. The van der Waals surface area contributed by atoms with Crippen LogP contribution in [0.5, 0.6) is 0 Å². The van der Waals surface area contributed by atoms with Crippen molar-refractivity contribution in [1.82, 2.24) is 25.0 Å². The van der Waals surface area contributed by atoms with E-state index in [1.807, 2.05) is 23.9 Å². The van der Waals surface area contributed by atoms with Crippen LogP contribution >= 0.6 is 11.3 Å². The number of aryl methyl sites for hydroxylation is 1. The van der Waals surface area contributed by atoms with Crippen LogP contribution in [0.3, 0.4) is 0 Å². The number of piperidine rings is 1. The highest BCUT2D eigenvalue weighted by Gasteiger charge is 2.22. The zero-order valence-electron chi connectivity index (χ0n) is 15.3. The van der Waals surface area contributed by atoms with Gasteiger partial charge in [-0.2, -0.15) is 5.10 Å². The number of carbonyl (C=O) groups is 1. The Labute approximate surface area is 162 Å². The van der Waals surface area contributed by atoms with E-state index in [0.29, 0.717) is 0 Å². The van der Waals surface area contributed by atoms with Crippen molar-refractivity contribution in [3.8, 4) is 5.69 Å². The topological polar surface area (TPSA) is 63.1 Å². The fourth-order valence-corrected chi connectivity index (χ4v) is 4.15. The molecule has 3 aromatic rings. The summed E-state index contributed by atoms with van der Waals surface area (Å²) in [5.41, 5.74) is 4.91. The SMILES string of the molecule is Cc1ncsc1C(=O)NC1CCN(Cc2ccc(-n3cccn3)cc2)CC1. The van der Waals surface area contributed by atoms with Crippen molar-refractivity contribution in [3.63, 3.8) is 0 Å². The standard InChI is InChI=1S/C20H23N5OS/c1-15-19(27-14-21-15)20(26)23-17-7-11-24(12-8-17)13-16-3-5-18(6-4-16)25-10-2-9-22-25/h2-6,9-10,14,17H,7-8,11-13H2,1H3,(H,23,26). The van der Waals surface area contributed by atoms with Crippen molar-refractivity contribution in [2.24, 2.45) is 0 Å². The molecule has 1 saturated heterocycles. The molecule has 0 spiro atoms. The van der Waals surface area contributed by atoms with Crippen LogP contribution in [0.4, 0.5) is 0 Å². The second-order valence-electron chi connectivity index (χ2n) is 6.91. The predicted octanol–water partition coefficient (Wildman–Crippen LogP) is 3.03. The van der Waals surface area contributed by atoms with E-state index >= 15 is 0 Å². The molecule has 1 amide bonds. The summed E-state index contributed by atoms with van der Waals surface area (Å²) < 4.78 is 1.86. The van der Waals surface area contributed by atoms with Crippen molar-refractivity contribution in [1.29, 1.82) is 0 Å². The molecule has 1 fully saturated rings. The Hall–Kier alpha value is -2.51.